The van der Waals surface area contributed by atoms with Crippen LogP contribution in [0.25, 0.3) is 16.6 Å². The minimum Gasteiger partial charge on any atom is -0.417 e. The fourth-order valence-corrected chi connectivity index (χ4v) is 3.83. The van der Waals surface area contributed by atoms with Crippen molar-refractivity contribution in [1.82, 2.24) is 14.5 Å². The number of ether oxygens (including phenoxy) is 1. The highest BCUT2D eigenvalue weighted by Crippen LogP contribution is 2.36. The Hall–Kier alpha value is -3.55. The van der Waals surface area contributed by atoms with Crippen LogP contribution in [0, 0.1) is 12.7 Å². The lowest BCUT2D eigenvalue weighted by atomic mass is 9.97. The van der Waals surface area contributed by atoms with Crippen molar-refractivity contribution < 1.29 is 23.0 Å². The van der Waals surface area contributed by atoms with Gasteiger partial charge in [0.2, 0.25) is 5.88 Å². The molecule has 4 aromatic rings. The molecule has 1 radical (unpaired) electrons. The molecule has 0 fully saturated rings. The number of hydrogen-bond acceptors (Lipinski definition) is 3. The molecule has 5 nitrogen and oxygen atoms in total. The zero-order valence-electron chi connectivity index (χ0n) is 17.8. The second-order valence-electron chi connectivity index (χ2n) is 7.82. The Morgan fingerprint density at radius 3 is 2.47 bits per heavy atom. The van der Waals surface area contributed by atoms with E-state index >= 15 is 0 Å². The normalized spacial score (nSPS) is 11.6. The molecular formula is C24H21F3N3O2. The Balaban J connectivity index is 1.75. The van der Waals surface area contributed by atoms with E-state index in [1.807, 2.05) is 35.0 Å². The fraction of sp³-hybridized carbons (Fsp3) is 0.250. The Bertz CT molecular complexity index is 1270. The van der Waals surface area contributed by atoms with E-state index in [0.717, 1.165) is 29.2 Å². The molecule has 0 saturated heterocycles. The maximum Gasteiger partial charge on any atom is 0.388 e. The van der Waals surface area contributed by atoms with Gasteiger partial charge in [-0.25, -0.2) is 14.4 Å². The first-order valence-corrected chi connectivity index (χ1v) is 10.1. The van der Waals surface area contributed by atoms with E-state index in [1.54, 1.807) is 13.1 Å². The number of benzene rings is 2. The predicted octanol–water partition coefficient (Wildman–Crippen LogP) is 6.33. The number of imidazole rings is 1. The van der Waals surface area contributed by atoms with Crippen LogP contribution in [0.5, 0.6) is 11.6 Å². The van der Waals surface area contributed by atoms with Gasteiger partial charge < -0.3 is 9.30 Å². The zero-order valence-corrected chi connectivity index (χ0v) is 17.8. The highest BCUT2D eigenvalue weighted by atomic mass is 19.3. The summed E-state index contributed by atoms with van der Waals surface area (Å²) >= 11 is 0. The van der Waals surface area contributed by atoms with E-state index in [2.05, 4.69) is 28.6 Å². The van der Waals surface area contributed by atoms with Gasteiger partial charge >= 0.3 is 6.61 Å². The number of aromatic nitrogens is 3. The summed E-state index contributed by atoms with van der Waals surface area (Å²) in [6, 6.07) is 9.61. The molecule has 0 bridgehead atoms. The molecule has 165 valence electrons. The van der Waals surface area contributed by atoms with Crippen LogP contribution in [0.4, 0.5) is 13.2 Å². The molecule has 0 N–H and O–H groups in total. The van der Waals surface area contributed by atoms with Crippen LogP contribution in [0.2, 0.25) is 0 Å². The molecule has 0 aliphatic heterocycles. The topological polar surface area (TPSA) is 59.8 Å². The van der Waals surface area contributed by atoms with Gasteiger partial charge in [0.25, 0.3) is 0 Å². The van der Waals surface area contributed by atoms with Crippen LogP contribution in [-0.4, -0.2) is 21.1 Å². The van der Waals surface area contributed by atoms with E-state index in [9.17, 15) is 18.3 Å². The number of alkyl halides is 2. The van der Waals surface area contributed by atoms with E-state index < -0.39 is 18.2 Å². The van der Waals surface area contributed by atoms with Crippen LogP contribution >= 0.6 is 0 Å². The molecule has 0 saturated carbocycles. The molecule has 0 spiro atoms. The maximum absolute atomic E-state index is 14.2. The largest absolute Gasteiger partial charge is 0.417 e. The van der Waals surface area contributed by atoms with Crippen molar-refractivity contribution in [1.29, 1.82) is 0 Å². The van der Waals surface area contributed by atoms with Crippen LogP contribution < -0.4 is 4.74 Å². The van der Waals surface area contributed by atoms with Gasteiger partial charge in [-0.3, -0.25) is 5.11 Å². The quantitative estimate of drug-likeness (QED) is 0.352. The number of fused-ring (bicyclic) bond motifs is 1. The van der Waals surface area contributed by atoms with Crippen molar-refractivity contribution in [2.24, 2.45) is 0 Å². The number of hydrogen-bond donors (Lipinski definition) is 0. The third kappa shape index (κ3) is 4.00. The summed E-state index contributed by atoms with van der Waals surface area (Å²) < 4.78 is 46.9. The van der Waals surface area contributed by atoms with Gasteiger partial charge in [-0.05, 0) is 42.3 Å². The lowest BCUT2D eigenvalue weighted by molar-refractivity contribution is -0.0532. The first kappa shape index (κ1) is 21.7. The summed E-state index contributed by atoms with van der Waals surface area (Å²) in [7, 11) is 0. The Labute approximate surface area is 183 Å². The third-order valence-electron chi connectivity index (χ3n) is 5.37. The van der Waals surface area contributed by atoms with Gasteiger partial charge in [0.05, 0.1) is 5.39 Å². The lowest BCUT2D eigenvalue weighted by Crippen LogP contribution is -2.09. The second kappa shape index (κ2) is 8.53. The highest BCUT2D eigenvalue weighted by molar-refractivity contribution is 5.90. The van der Waals surface area contributed by atoms with Crippen LogP contribution in [0.3, 0.4) is 0 Å². The molecule has 4 rings (SSSR count). The summed E-state index contributed by atoms with van der Waals surface area (Å²) in [5.41, 5.74) is 2.13. The van der Waals surface area contributed by atoms with Crippen LogP contribution in [-0.2, 0) is 11.5 Å². The monoisotopic (exact) mass is 440 g/mol. The van der Waals surface area contributed by atoms with E-state index in [1.165, 1.54) is 0 Å². The summed E-state index contributed by atoms with van der Waals surface area (Å²) in [5.74, 6) is -0.404. The van der Waals surface area contributed by atoms with Crippen molar-refractivity contribution in [2.75, 3.05) is 0 Å². The maximum atomic E-state index is 14.2. The third-order valence-corrected chi connectivity index (χ3v) is 5.37. The molecule has 8 heteroatoms. The van der Waals surface area contributed by atoms with Gasteiger partial charge in [0, 0.05) is 36.0 Å². The molecule has 0 amide bonds. The molecule has 0 aliphatic carbocycles. The Morgan fingerprint density at radius 1 is 1.09 bits per heavy atom. The number of nitrogens with zero attached hydrogens (tertiary/aromatic N) is 3. The Kier molecular flexibility index (Phi) is 5.78. The average Bonchev–Trinajstić information content (AvgIpc) is 3.24. The fourth-order valence-electron chi connectivity index (χ4n) is 3.83. The first-order chi connectivity index (χ1) is 15.3. The number of rotatable bonds is 6. The average molecular weight is 440 g/mol. The van der Waals surface area contributed by atoms with Crippen molar-refractivity contribution in [2.45, 2.75) is 39.7 Å². The molecule has 0 unspecified atom stereocenters. The minimum atomic E-state index is -3.13. The van der Waals surface area contributed by atoms with E-state index in [0.29, 0.717) is 11.1 Å². The number of pyridine rings is 1. The molecule has 32 heavy (non-hydrogen) atoms. The van der Waals surface area contributed by atoms with Crippen molar-refractivity contribution in [3.63, 3.8) is 0 Å². The van der Waals surface area contributed by atoms with Crippen LogP contribution in [0.1, 0.15) is 42.3 Å². The van der Waals surface area contributed by atoms with Gasteiger partial charge in [-0.1, -0.05) is 26.0 Å². The SMILES string of the molecule is Cc1c(Cc2ccc(-n3ccnc3C(C)C)cc2)c(OC(F)F)nc2c(F)ccc([O])c12. The van der Waals surface area contributed by atoms with E-state index in [4.69, 9.17) is 0 Å². The number of aryl methyl sites for hydroxylation is 1. The van der Waals surface area contributed by atoms with Crippen molar-refractivity contribution in [3.05, 3.63) is 77.1 Å². The van der Waals surface area contributed by atoms with Gasteiger partial charge in [-0.2, -0.15) is 8.78 Å². The highest BCUT2D eigenvalue weighted by Gasteiger charge is 2.21. The van der Waals surface area contributed by atoms with Gasteiger partial charge in [0.15, 0.2) is 5.75 Å². The smallest absolute Gasteiger partial charge is 0.388 e. The summed E-state index contributed by atoms with van der Waals surface area (Å²) in [4.78, 5) is 8.32. The molecule has 0 atom stereocenters. The molecule has 2 aromatic heterocycles. The predicted molar refractivity (Wildman–Crippen MR) is 114 cm³/mol. The second-order valence-corrected chi connectivity index (χ2v) is 7.82. The van der Waals surface area contributed by atoms with Crippen molar-refractivity contribution in [3.8, 4) is 17.3 Å². The van der Waals surface area contributed by atoms with Gasteiger partial charge in [0.1, 0.15) is 17.2 Å². The first-order valence-electron chi connectivity index (χ1n) is 10.1. The van der Waals surface area contributed by atoms with E-state index in [-0.39, 0.29) is 29.1 Å². The molecule has 2 aromatic carbocycles. The Morgan fingerprint density at radius 2 is 1.81 bits per heavy atom. The molecular weight excluding hydrogens is 419 g/mol. The summed E-state index contributed by atoms with van der Waals surface area (Å²) in [6.07, 6.45) is 3.80. The lowest BCUT2D eigenvalue weighted by Gasteiger charge is -2.16. The van der Waals surface area contributed by atoms with Crippen molar-refractivity contribution >= 4 is 10.9 Å². The number of halogens is 3. The summed E-state index contributed by atoms with van der Waals surface area (Å²) in [5, 5.41) is 12.4. The molecule has 0 aliphatic rings. The summed E-state index contributed by atoms with van der Waals surface area (Å²) in [6.45, 7) is 2.57. The van der Waals surface area contributed by atoms with Gasteiger partial charge in [-0.15, -0.1) is 0 Å². The van der Waals surface area contributed by atoms with Crippen LogP contribution in [0.15, 0.2) is 48.8 Å². The minimum absolute atomic E-state index is 0.0678. The zero-order chi connectivity index (χ0) is 23.0. The standard InChI is InChI=1S/C24H21F3N3O2/c1-13(2)22-28-10-11-30(22)16-6-4-15(5-7-16)12-17-14(3)20-19(31)9-8-18(25)21(20)29-23(17)32-24(26)27/h4-11,13,24H,12H2,1-3H3. The molecule has 2 heterocycles.